The van der Waals surface area contributed by atoms with Crippen LogP contribution in [-0.2, 0) is 0 Å². The molecule has 0 amide bonds. The summed E-state index contributed by atoms with van der Waals surface area (Å²) < 4.78 is 5.15. The maximum Gasteiger partial charge on any atom is 0.118 e. The van der Waals surface area contributed by atoms with Gasteiger partial charge in [0.15, 0.2) is 0 Å². The number of nitrogens with zero attached hydrogens (tertiary/aromatic N) is 1. The zero-order chi connectivity index (χ0) is 13.7. The van der Waals surface area contributed by atoms with Gasteiger partial charge in [-0.2, -0.15) is 0 Å². The summed E-state index contributed by atoms with van der Waals surface area (Å²) in [5.41, 5.74) is 2.27. The van der Waals surface area contributed by atoms with E-state index >= 15 is 0 Å². The topological polar surface area (TPSA) is 12.5 Å². The van der Waals surface area contributed by atoms with Gasteiger partial charge in [0, 0.05) is 19.3 Å². The summed E-state index contributed by atoms with van der Waals surface area (Å²) in [6.45, 7) is 0.762. The average molecular weight is 276 g/mol. The van der Waals surface area contributed by atoms with Crippen molar-refractivity contribution in [3.63, 3.8) is 0 Å². The first kappa shape index (κ1) is 13.8. The first-order valence-electron chi connectivity index (χ1n) is 6.25. The zero-order valence-electron chi connectivity index (χ0n) is 11.2. The molecular formula is C16H18ClNO. The number of rotatable bonds is 5. The molecule has 0 aliphatic carbocycles. The fraction of sp³-hybridized carbons (Fsp3) is 0.250. The third kappa shape index (κ3) is 3.65. The molecule has 0 heterocycles. The highest BCUT2D eigenvalue weighted by Gasteiger charge is 2.11. The van der Waals surface area contributed by atoms with Gasteiger partial charge in [0.2, 0.25) is 0 Å². The van der Waals surface area contributed by atoms with Crippen molar-refractivity contribution in [1.29, 1.82) is 0 Å². The van der Waals surface area contributed by atoms with Crippen LogP contribution in [0.25, 0.3) is 0 Å². The highest BCUT2D eigenvalue weighted by molar-refractivity contribution is 6.21. The molecule has 2 rings (SSSR count). The van der Waals surface area contributed by atoms with Crippen molar-refractivity contribution in [2.75, 3.05) is 25.6 Å². The number of para-hydroxylation sites is 1. The van der Waals surface area contributed by atoms with E-state index in [-0.39, 0.29) is 5.38 Å². The minimum Gasteiger partial charge on any atom is -0.497 e. The van der Waals surface area contributed by atoms with E-state index < -0.39 is 0 Å². The molecule has 1 unspecified atom stereocenters. The van der Waals surface area contributed by atoms with Crippen LogP contribution >= 0.6 is 11.6 Å². The second-order valence-electron chi connectivity index (χ2n) is 4.46. The van der Waals surface area contributed by atoms with Crippen molar-refractivity contribution >= 4 is 17.3 Å². The van der Waals surface area contributed by atoms with Crippen molar-refractivity contribution < 1.29 is 4.74 Å². The van der Waals surface area contributed by atoms with Gasteiger partial charge < -0.3 is 9.64 Å². The minimum atomic E-state index is -0.0453. The standard InChI is InChI=1S/C16H18ClNO/c1-18(14-6-4-3-5-7-14)12-16(17)13-8-10-15(19-2)11-9-13/h3-11,16H,12H2,1-2H3. The van der Waals surface area contributed by atoms with E-state index in [1.807, 2.05) is 49.5 Å². The molecular weight excluding hydrogens is 258 g/mol. The number of likely N-dealkylation sites (N-methyl/N-ethyl adjacent to an activating group) is 1. The fourth-order valence-corrected chi connectivity index (χ4v) is 2.30. The van der Waals surface area contributed by atoms with E-state index in [9.17, 15) is 0 Å². The molecule has 2 nitrogen and oxygen atoms in total. The summed E-state index contributed by atoms with van der Waals surface area (Å²) in [7, 11) is 3.71. The quantitative estimate of drug-likeness (QED) is 0.762. The third-order valence-corrected chi connectivity index (χ3v) is 3.50. The van der Waals surface area contributed by atoms with Gasteiger partial charge in [-0.3, -0.25) is 0 Å². The molecule has 3 heteroatoms. The van der Waals surface area contributed by atoms with E-state index in [4.69, 9.17) is 16.3 Å². The molecule has 100 valence electrons. The van der Waals surface area contributed by atoms with Gasteiger partial charge in [0.05, 0.1) is 12.5 Å². The summed E-state index contributed by atoms with van der Waals surface area (Å²) >= 11 is 6.46. The molecule has 0 fully saturated rings. The zero-order valence-corrected chi connectivity index (χ0v) is 12.0. The molecule has 0 aromatic heterocycles. The summed E-state index contributed by atoms with van der Waals surface area (Å²) in [5, 5.41) is -0.0453. The SMILES string of the molecule is COc1ccc(C(Cl)CN(C)c2ccccc2)cc1. The van der Waals surface area contributed by atoms with Gasteiger partial charge in [-0.15, -0.1) is 11.6 Å². The highest BCUT2D eigenvalue weighted by atomic mass is 35.5. The van der Waals surface area contributed by atoms with Gasteiger partial charge in [-0.25, -0.2) is 0 Å². The number of methoxy groups -OCH3 is 1. The molecule has 0 aliphatic rings. The Morgan fingerprint density at radius 3 is 2.26 bits per heavy atom. The normalized spacial score (nSPS) is 11.9. The van der Waals surface area contributed by atoms with Crippen molar-refractivity contribution in [1.82, 2.24) is 0 Å². The van der Waals surface area contributed by atoms with E-state index in [1.165, 1.54) is 5.69 Å². The predicted molar refractivity (Wildman–Crippen MR) is 81.3 cm³/mol. The predicted octanol–water partition coefficient (Wildman–Crippen LogP) is 4.11. The second-order valence-corrected chi connectivity index (χ2v) is 4.98. The number of alkyl halides is 1. The molecule has 0 N–H and O–H groups in total. The largest absolute Gasteiger partial charge is 0.497 e. The molecule has 0 saturated heterocycles. The second kappa shape index (κ2) is 6.48. The number of hydrogen-bond acceptors (Lipinski definition) is 2. The van der Waals surface area contributed by atoms with Crippen molar-refractivity contribution in [3.05, 3.63) is 60.2 Å². The van der Waals surface area contributed by atoms with Crippen LogP contribution in [-0.4, -0.2) is 20.7 Å². The number of ether oxygens (including phenoxy) is 1. The Bertz CT molecular complexity index is 498. The first-order chi connectivity index (χ1) is 9.20. The molecule has 0 saturated carbocycles. The van der Waals surface area contributed by atoms with E-state index in [0.29, 0.717) is 0 Å². The van der Waals surface area contributed by atoms with Crippen LogP contribution in [0.4, 0.5) is 5.69 Å². The number of hydrogen-bond donors (Lipinski definition) is 0. The van der Waals surface area contributed by atoms with Gasteiger partial charge in [-0.05, 0) is 29.8 Å². The van der Waals surface area contributed by atoms with Crippen LogP contribution in [0.1, 0.15) is 10.9 Å². The highest BCUT2D eigenvalue weighted by Crippen LogP contribution is 2.25. The Morgan fingerprint density at radius 2 is 1.68 bits per heavy atom. The van der Waals surface area contributed by atoms with Gasteiger partial charge in [0.1, 0.15) is 5.75 Å². The van der Waals surface area contributed by atoms with Gasteiger partial charge in [0.25, 0.3) is 0 Å². The minimum absolute atomic E-state index is 0.0453. The number of benzene rings is 2. The molecule has 19 heavy (non-hydrogen) atoms. The Balaban J connectivity index is 2.02. The van der Waals surface area contributed by atoms with E-state index in [0.717, 1.165) is 17.9 Å². The molecule has 2 aromatic rings. The van der Waals surface area contributed by atoms with Crippen molar-refractivity contribution in [2.24, 2.45) is 0 Å². The van der Waals surface area contributed by atoms with Crippen LogP contribution in [0, 0.1) is 0 Å². The Kier molecular flexibility index (Phi) is 4.69. The van der Waals surface area contributed by atoms with Crippen molar-refractivity contribution in [2.45, 2.75) is 5.38 Å². The summed E-state index contributed by atoms with van der Waals surface area (Å²) in [6.07, 6.45) is 0. The molecule has 1 atom stereocenters. The van der Waals surface area contributed by atoms with Crippen molar-refractivity contribution in [3.8, 4) is 5.75 Å². The van der Waals surface area contributed by atoms with Crippen LogP contribution in [0.2, 0.25) is 0 Å². The lowest BCUT2D eigenvalue weighted by atomic mass is 10.1. The van der Waals surface area contributed by atoms with Crippen LogP contribution in [0.15, 0.2) is 54.6 Å². The van der Waals surface area contributed by atoms with Gasteiger partial charge in [-0.1, -0.05) is 30.3 Å². The lowest BCUT2D eigenvalue weighted by Crippen LogP contribution is -2.21. The Morgan fingerprint density at radius 1 is 1.05 bits per heavy atom. The summed E-state index contributed by atoms with van der Waals surface area (Å²) in [5.74, 6) is 0.851. The number of anilines is 1. The summed E-state index contributed by atoms with van der Waals surface area (Å²) in [4.78, 5) is 2.15. The Hall–Kier alpha value is -1.67. The van der Waals surface area contributed by atoms with Crippen LogP contribution < -0.4 is 9.64 Å². The lowest BCUT2D eigenvalue weighted by molar-refractivity contribution is 0.414. The molecule has 0 spiro atoms. The average Bonchev–Trinajstić information content (AvgIpc) is 2.48. The molecule has 0 aliphatic heterocycles. The Labute approximate surface area is 119 Å². The third-order valence-electron chi connectivity index (χ3n) is 3.11. The first-order valence-corrected chi connectivity index (χ1v) is 6.68. The van der Waals surface area contributed by atoms with Gasteiger partial charge >= 0.3 is 0 Å². The maximum absolute atomic E-state index is 6.46. The van der Waals surface area contributed by atoms with E-state index in [1.54, 1.807) is 7.11 Å². The maximum atomic E-state index is 6.46. The molecule has 0 bridgehead atoms. The summed E-state index contributed by atoms with van der Waals surface area (Å²) in [6, 6.07) is 18.1. The molecule has 2 aromatic carbocycles. The fourth-order valence-electron chi connectivity index (χ4n) is 1.95. The van der Waals surface area contributed by atoms with Crippen LogP contribution in [0.5, 0.6) is 5.75 Å². The number of halogens is 1. The lowest BCUT2D eigenvalue weighted by Gasteiger charge is -2.22. The van der Waals surface area contributed by atoms with Crippen LogP contribution in [0.3, 0.4) is 0 Å². The molecule has 0 radical (unpaired) electrons. The smallest absolute Gasteiger partial charge is 0.118 e. The monoisotopic (exact) mass is 275 g/mol. The van der Waals surface area contributed by atoms with E-state index in [2.05, 4.69) is 17.0 Å².